The van der Waals surface area contributed by atoms with Crippen molar-refractivity contribution in [2.75, 3.05) is 6.54 Å². The molecule has 4 nitrogen and oxygen atoms in total. The number of alkyl halides is 2. The van der Waals surface area contributed by atoms with Crippen LogP contribution in [0.5, 0.6) is 5.75 Å². The lowest BCUT2D eigenvalue weighted by molar-refractivity contribution is -0.0507. The van der Waals surface area contributed by atoms with Crippen molar-refractivity contribution in [1.82, 2.24) is 10.6 Å². The zero-order valence-corrected chi connectivity index (χ0v) is 14.3. The van der Waals surface area contributed by atoms with Crippen LogP contribution in [0.4, 0.5) is 8.78 Å². The van der Waals surface area contributed by atoms with Gasteiger partial charge in [-0.15, -0.1) is 12.4 Å². The number of nitrogens with one attached hydrogen (secondary N) is 2. The Hall–Kier alpha value is -1.40. The van der Waals surface area contributed by atoms with E-state index in [0.717, 1.165) is 19.4 Å². The van der Waals surface area contributed by atoms with Crippen LogP contribution in [0.1, 0.15) is 41.3 Å². The third kappa shape index (κ3) is 5.04. The second-order valence-electron chi connectivity index (χ2n) is 5.78. The van der Waals surface area contributed by atoms with Gasteiger partial charge in [0.1, 0.15) is 5.75 Å². The van der Waals surface area contributed by atoms with Gasteiger partial charge in [-0.05, 0) is 63.4 Å². The third-order valence-corrected chi connectivity index (χ3v) is 4.01. The molecule has 0 aromatic heterocycles. The molecule has 1 saturated heterocycles. The molecule has 130 valence electrons. The van der Waals surface area contributed by atoms with Gasteiger partial charge in [0.25, 0.3) is 5.91 Å². The number of hydrogen-bond acceptors (Lipinski definition) is 3. The number of hydrogen-bond donors (Lipinski definition) is 2. The van der Waals surface area contributed by atoms with Gasteiger partial charge < -0.3 is 15.4 Å². The van der Waals surface area contributed by atoms with Gasteiger partial charge in [0.15, 0.2) is 0 Å². The van der Waals surface area contributed by atoms with Crippen molar-refractivity contribution >= 4 is 18.3 Å². The van der Waals surface area contributed by atoms with E-state index in [9.17, 15) is 13.6 Å². The number of carbonyl (C=O) groups excluding carboxylic acids is 1. The zero-order valence-electron chi connectivity index (χ0n) is 13.5. The van der Waals surface area contributed by atoms with Crippen molar-refractivity contribution in [2.24, 2.45) is 0 Å². The van der Waals surface area contributed by atoms with Crippen LogP contribution in [0.3, 0.4) is 0 Å². The lowest BCUT2D eigenvalue weighted by Crippen LogP contribution is -2.51. The molecule has 2 N–H and O–H groups in total. The van der Waals surface area contributed by atoms with Gasteiger partial charge in [-0.1, -0.05) is 0 Å². The molecule has 1 fully saturated rings. The number of ether oxygens (including phenoxy) is 1. The van der Waals surface area contributed by atoms with Crippen molar-refractivity contribution in [3.05, 3.63) is 28.8 Å². The van der Waals surface area contributed by atoms with Crippen LogP contribution in [0.15, 0.2) is 12.1 Å². The van der Waals surface area contributed by atoms with Crippen molar-refractivity contribution < 1.29 is 18.3 Å². The molecule has 1 aromatic rings. The van der Waals surface area contributed by atoms with Gasteiger partial charge in [0.2, 0.25) is 0 Å². The number of benzene rings is 1. The second kappa shape index (κ2) is 8.45. The van der Waals surface area contributed by atoms with E-state index in [4.69, 9.17) is 0 Å². The van der Waals surface area contributed by atoms with E-state index < -0.39 is 6.61 Å². The van der Waals surface area contributed by atoms with Crippen LogP contribution < -0.4 is 15.4 Å². The number of halogens is 3. The highest BCUT2D eigenvalue weighted by molar-refractivity contribution is 5.95. The first kappa shape index (κ1) is 19.6. The van der Waals surface area contributed by atoms with E-state index in [1.165, 1.54) is 0 Å². The lowest BCUT2D eigenvalue weighted by Gasteiger charge is -2.30. The summed E-state index contributed by atoms with van der Waals surface area (Å²) >= 11 is 0. The fraction of sp³-hybridized carbons (Fsp3) is 0.562. The molecule has 0 spiro atoms. The van der Waals surface area contributed by atoms with Gasteiger partial charge in [0.05, 0.1) is 0 Å². The monoisotopic (exact) mass is 348 g/mol. The maximum atomic E-state index is 12.4. The molecule has 1 amide bonds. The molecule has 2 atom stereocenters. The van der Waals surface area contributed by atoms with E-state index in [0.29, 0.717) is 16.7 Å². The van der Waals surface area contributed by atoms with Crippen LogP contribution >= 0.6 is 12.4 Å². The van der Waals surface area contributed by atoms with Crippen LogP contribution in [-0.4, -0.2) is 31.1 Å². The van der Waals surface area contributed by atoms with Gasteiger partial charge in [-0.2, -0.15) is 8.78 Å². The Kier molecular flexibility index (Phi) is 7.22. The predicted molar refractivity (Wildman–Crippen MR) is 87.7 cm³/mol. The van der Waals surface area contributed by atoms with E-state index in [1.807, 2.05) is 6.92 Å². The lowest BCUT2D eigenvalue weighted by atomic mass is 9.99. The quantitative estimate of drug-likeness (QED) is 0.878. The van der Waals surface area contributed by atoms with Gasteiger partial charge in [0, 0.05) is 17.6 Å². The minimum atomic E-state index is -2.87. The normalized spacial score (nSPS) is 20.8. The maximum absolute atomic E-state index is 12.4. The van der Waals surface area contributed by atoms with Crippen LogP contribution in [0, 0.1) is 13.8 Å². The number of amides is 1. The van der Waals surface area contributed by atoms with E-state index in [1.54, 1.807) is 26.0 Å². The summed E-state index contributed by atoms with van der Waals surface area (Å²) < 4.78 is 29.3. The van der Waals surface area contributed by atoms with Crippen molar-refractivity contribution in [1.29, 1.82) is 0 Å². The second-order valence-corrected chi connectivity index (χ2v) is 5.78. The maximum Gasteiger partial charge on any atom is 0.387 e. The summed E-state index contributed by atoms with van der Waals surface area (Å²) in [6.07, 6.45) is 1.96. The fourth-order valence-corrected chi connectivity index (χ4v) is 2.85. The highest BCUT2D eigenvalue weighted by Crippen LogP contribution is 2.26. The first-order chi connectivity index (χ1) is 10.4. The van der Waals surface area contributed by atoms with E-state index in [-0.39, 0.29) is 36.1 Å². The van der Waals surface area contributed by atoms with Crippen LogP contribution in [-0.2, 0) is 0 Å². The van der Waals surface area contributed by atoms with E-state index in [2.05, 4.69) is 15.4 Å². The Morgan fingerprint density at radius 3 is 2.48 bits per heavy atom. The average molecular weight is 349 g/mol. The number of rotatable bonds is 4. The summed E-state index contributed by atoms with van der Waals surface area (Å²) in [6.45, 7) is 3.45. The molecule has 2 rings (SSSR count). The molecule has 1 aliphatic rings. The van der Waals surface area contributed by atoms with Crippen LogP contribution in [0.2, 0.25) is 0 Å². The standard InChI is InChI=1S/C16H22F2N2O2.ClH/c1-9-7-12(8-10(2)14(9)22-16(17)18)15(21)20-13-5-4-6-19-11(13)3;/h7-8,11,13,16,19H,4-6H2,1-3H3,(H,20,21);1H. The topological polar surface area (TPSA) is 50.4 Å². The molecule has 0 saturated carbocycles. The smallest absolute Gasteiger partial charge is 0.387 e. The number of piperidine rings is 1. The number of carbonyl (C=O) groups is 1. The SMILES string of the molecule is Cc1cc(C(=O)NC2CCCNC2C)cc(C)c1OC(F)F.Cl. The summed E-state index contributed by atoms with van der Waals surface area (Å²) in [5.74, 6) is -0.0467. The molecule has 0 aliphatic carbocycles. The minimum absolute atomic E-state index is 0. The van der Waals surface area contributed by atoms with Gasteiger partial charge >= 0.3 is 6.61 Å². The molecule has 23 heavy (non-hydrogen) atoms. The summed E-state index contributed by atoms with van der Waals surface area (Å²) in [6, 6.07) is 3.47. The Morgan fingerprint density at radius 2 is 1.96 bits per heavy atom. The van der Waals surface area contributed by atoms with Gasteiger partial charge in [-0.25, -0.2) is 0 Å². The molecule has 1 aliphatic heterocycles. The molecule has 2 unspecified atom stereocenters. The Bertz CT molecular complexity index is 532. The molecular weight excluding hydrogens is 326 g/mol. The molecule has 1 aromatic carbocycles. The summed E-state index contributed by atoms with van der Waals surface area (Å²) in [5, 5.41) is 6.33. The van der Waals surface area contributed by atoms with Crippen LogP contribution in [0.25, 0.3) is 0 Å². The van der Waals surface area contributed by atoms with Crippen molar-refractivity contribution in [2.45, 2.75) is 52.3 Å². The van der Waals surface area contributed by atoms with Crippen molar-refractivity contribution in [3.63, 3.8) is 0 Å². The first-order valence-electron chi connectivity index (χ1n) is 7.48. The summed E-state index contributed by atoms with van der Waals surface area (Å²) in [7, 11) is 0. The third-order valence-electron chi connectivity index (χ3n) is 4.01. The average Bonchev–Trinajstić information content (AvgIpc) is 2.44. The highest BCUT2D eigenvalue weighted by Gasteiger charge is 2.23. The summed E-state index contributed by atoms with van der Waals surface area (Å²) in [5.41, 5.74) is 1.52. The molecule has 0 radical (unpaired) electrons. The summed E-state index contributed by atoms with van der Waals surface area (Å²) in [4.78, 5) is 12.4. The Labute approximate surface area is 141 Å². The molecule has 7 heteroatoms. The van der Waals surface area contributed by atoms with E-state index >= 15 is 0 Å². The largest absolute Gasteiger partial charge is 0.434 e. The highest BCUT2D eigenvalue weighted by atomic mass is 35.5. The van der Waals surface area contributed by atoms with Crippen molar-refractivity contribution in [3.8, 4) is 5.75 Å². The molecule has 1 heterocycles. The zero-order chi connectivity index (χ0) is 16.3. The Balaban J connectivity index is 0.00000264. The minimum Gasteiger partial charge on any atom is -0.434 e. The predicted octanol–water partition coefficient (Wildman–Crippen LogP) is 3.20. The molecule has 0 bridgehead atoms. The Morgan fingerprint density at radius 1 is 1.35 bits per heavy atom. The number of aryl methyl sites for hydroxylation is 2. The first-order valence-corrected chi connectivity index (χ1v) is 7.48. The van der Waals surface area contributed by atoms with Gasteiger partial charge in [-0.3, -0.25) is 4.79 Å². The molecular formula is C16H23ClF2N2O2. The fourth-order valence-electron chi connectivity index (χ4n) is 2.85.